The van der Waals surface area contributed by atoms with Gasteiger partial charge in [0.05, 0.1) is 21.1 Å². The second-order valence-corrected chi connectivity index (χ2v) is 9.79. The molecule has 1 saturated heterocycles. The van der Waals surface area contributed by atoms with Gasteiger partial charge in [-0.2, -0.15) is 13.2 Å². The number of alkyl halides is 3. The van der Waals surface area contributed by atoms with Crippen LogP contribution in [-0.2, 0) is 14.8 Å². The van der Waals surface area contributed by atoms with Crippen LogP contribution in [0.5, 0.6) is 5.88 Å². The molecule has 1 fully saturated rings. The molecular weight excluding hydrogens is 506 g/mol. The standard InChI is InChI=1S/C20H16Cl2F3N3O4S/c21-12-2-1-3-13(10-12)33(30,31)28-16-5-4-15(22)18(27-8-6-26-7-9-27)14(16)11-17(28)32-19(29)20(23,24)25/h1-5,10-11,26H,6-9H2. The van der Waals surface area contributed by atoms with Gasteiger partial charge in [-0.25, -0.2) is 17.2 Å². The zero-order valence-corrected chi connectivity index (χ0v) is 19.0. The first-order chi connectivity index (χ1) is 15.5. The molecule has 0 bridgehead atoms. The minimum Gasteiger partial charge on any atom is -0.402 e. The molecule has 33 heavy (non-hydrogen) atoms. The second-order valence-electron chi connectivity index (χ2n) is 7.16. The zero-order valence-electron chi connectivity index (χ0n) is 16.7. The van der Waals surface area contributed by atoms with E-state index in [2.05, 4.69) is 10.1 Å². The summed E-state index contributed by atoms with van der Waals surface area (Å²) in [7, 11) is -4.51. The smallest absolute Gasteiger partial charge is 0.402 e. The summed E-state index contributed by atoms with van der Waals surface area (Å²) in [5.41, 5.74) is 0.429. The Morgan fingerprint density at radius 1 is 1.06 bits per heavy atom. The fourth-order valence-corrected chi connectivity index (χ4v) is 5.63. The Kier molecular flexibility index (Phi) is 6.25. The van der Waals surface area contributed by atoms with Crippen molar-refractivity contribution in [2.24, 2.45) is 0 Å². The SMILES string of the molecule is O=C(Oc1cc2c(N3CCNCC3)c(Cl)ccc2n1S(=O)(=O)c1cccc(Cl)c1)C(F)(F)F. The van der Waals surface area contributed by atoms with Crippen LogP contribution in [0.3, 0.4) is 0 Å². The third-order valence-electron chi connectivity index (χ3n) is 5.03. The van der Waals surface area contributed by atoms with Crippen molar-refractivity contribution in [1.29, 1.82) is 0 Å². The highest BCUT2D eigenvalue weighted by molar-refractivity contribution is 7.90. The maximum atomic E-state index is 13.5. The van der Waals surface area contributed by atoms with Crippen LogP contribution in [0.1, 0.15) is 0 Å². The zero-order chi connectivity index (χ0) is 24.0. The molecule has 3 aromatic rings. The summed E-state index contributed by atoms with van der Waals surface area (Å²) in [6, 6.07) is 9.06. The summed E-state index contributed by atoms with van der Waals surface area (Å²) in [6.07, 6.45) is -5.33. The van der Waals surface area contributed by atoms with E-state index in [0.29, 0.717) is 35.8 Å². The van der Waals surface area contributed by atoms with Crippen LogP contribution >= 0.6 is 23.2 Å². The number of benzene rings is 2. The first-order valence-electron chi connectivity index (χ1n) is 9.60. The molecule has 0 spiro atoms. The van der Waals surface area contributed by atoms with Gasteiger partial charge < -0.3 is 15.0 Å². The highest BCUT2D eigenvalue weighted by atomic mass is 35.5. The molecule has 1 N–H and O–H groups in total. The molecule has 0 saturated carbocycles. The molecule has 1 aromatic heterocycles. The molecular formula is C20H16Cl2F3N3O4S. The average Bonchev–Trinajstić information content (AvgIpc) is 3.12. The van der Waals surface area contributed by atoms with E-state index in [1.54, 1.807) is 0 Å². The molecule has 1 aliphatic heterocycles. The molecule has 0 aliphatic carbocycles. The molecule has 0 atom stereocenters. The van der Waals surface area contributed by atoms with Crippen LogP contribution < -0.4 is 15.0 Å². The number of anilines is 1. The van der Waals surface area contributed by atoms with Crippen molar-refractivity contribution in [3.05, 3.63) is 52.5 Å². The first-order valence-corrected chi connectivity index (χ1v) is 11.8. The number of fused-ring (bicyclic) bond motifs is 1. The summed E-state index contributed by atoms with van der Waals surface area (Å²) in [5.74, 6) is -3.37. The van der Waals surface area contributed by atoms with Gasteiger partial charge in [0.2, 0.25) is 5.88 Å². The third kappa shape index (κ3) is 4.50. The Labute approximate surface area is 196 Å². The molecule has 1 aliphatic rings. The fourth-order valence-electron chi connectivity index (χ4n) is 3.61. The van der Waals surface area contributed by atoms with E-state index in [-0.39, 0.29) is 25.8 Å². The number of hydrogen-bond donors (Lipinski definition) is 1. The van der Waals surface area contributed by atoms with Crippen LogP contribution in [0, 0.1) is 0 Å². The van der Waals surface area contributed by atoms with Crippen molar-refractivity contribution < 1.29 is 31.1 Å². The largest absolute Gasteiger partial charge is 0.491 e. The van der Waals surface area contributed by atoms with E-state index in [9.17, 15) is 26.4 Å². The molecule has 0 radical (unpaired) electrons. The monoisotopic (exact) mass is 521 g/mol. The van der Waals surface area contributed by atoms with Crippen LogP contribution in [0.25, 0.3) is 10.9 Å². The number of piperazine rings is 1. The summed E-state index contributed by atoms with van der Waals surface area (Å²) in [6.45, 7) is 2.32. The van der Waals surface area contributed by atoms with Crippen molar-refractivity contribution in [2.75, 3.05) is 31.1 Å². The Morgan fingerprint density at radius 3 is 2.39 bits per heavy atom. The number of rotatable bonds is 4. The van der Waals surface area contributed by atoms with Crippen molar-refractivity contribution in [3.63, 3.8) is 0 Å². The van der Waals surface area contributed by atoms with Crippen LogP contribution in [0.4, 0.5) is 18.9 Å². The van der Waals surface area contributed by atoms with Gasteiger partial charge in [0, 0.05) is 42.7 Å². The Balaban J connectivity index is 1.98. The number of hydrogen-bond acceptors (Lipinski definition) is 6. The van der Waals surface area contributed by atoms with E-state index in [1.165, 1.54) is 30.3 Å². The number of carbonyl (C=O) groups excluding carboxylic acids is 1. The maximum absolute atomic E-state index is 13.5. The Hall–Kier alpha value is -2.47. The van der Waals surface area contributed by atoms with E-state index in [0.717, 1.165) is 12.1 Å². The lowest BCUT2D eigenvalue weighted by Crippen LogP contribution is -2.43. The maximum Gasteiger partial charge on any atom is 0.491 e. The van der Waals surface area contributed by atoms with Crippen LogP contribution in [0.15, 0.2) is 47.4 Å². The normalized spacial score (nSPS) is 15.1. The number of esters is 1. The highest BCUT2D eigenvalue weighted by Gasteiger charge is 2.42. The van der Waals surface area contributed by atoms with Crippen molar-refractivity contribution in [2.45, 2.75) is 11.1 Å². The lowest BCUT2D eigenvalue weighted by atomic mass is 10.2. The topological polar surface area (TPSA) is 80.6 Å². The Bertz CT molecular complexity index is 1340. The average molecular weight is 522 g/mol. The molecule has 7 nitrogen and oxygen atoms in total. The van der Waals surface area contributed by atoms with E-state index in [4.69, 9.17) is 23.2 Å². The molecule has 2 heterocycles. The number of nitrogens with one attached hydrogen (secondary N) is 1. The molecule has 4 rings (SSSR count). The fraction of sp³-hybridized carbons (Fsp3) is 0.250. The molecule has 13 heteroatoms. The number of aromatic nitrogens is 1. The predicted octanol–water partition coefficient (Wildman–Crippen LogP) is 4.06. The minimum absolute atomic E-state index is 0.00196. The van der Waals surface area contributed by atoms with Crippen LogP contribution in [0.2, 0.25) is 10.0 Å². The van der Waals surface area contributed by atoms with Gasteiger partial charge in [0.25, 0.3) is 10.0 Å². The molecule has 2 aromatic carbocycles. The lowest BCUT2D eigenvalue weighted by molar-refractivity contribution is -0.190. The van der Waals surface area contributed by atoms with Crippen molar-refractivity contribution in [1.82, 2.24) is 9.29 Å². The van der Waals surface area contributed by atoms with Gasteiger partial charge in [-0.3, -0.25) is 0 Å². The highest BCUT2D eigenvalue weighted by Crippen LogP contribution is 2.41. The van der Waals surface area contributed by atoms with Gasteiger partial charge in [0.1, 0.15) is 0 Å². The lowest BCUT2D eigenvalue weighted by Gasteiger charge is -2.30. The minimum atomic E-state index is -5.33. The number of nitrogens with zero attached hydrogens (tertiary/aromatic N) is 2. The molecule has 176 valence electrons. The summed E-state index contributed by atoms with van der Waals surface area (Å²) >= 11 is 12.3. The predicted molar refractivity (Wildman–Crippen MR) is 118 cm³/mol. The number of halogens is 5. The Morgan fingerprint density at radius 2 is 1.76 bits per heavy atom. The third-order valence-corrected chi connectivity index (χ3v) is 7.27. The summed E-state index contributed by atoms with van der Waals surface area (Å²) in [4.78, 5) is 13.2. The van der Waals surface area contributed by atoms with Gasteiger partial charge in [-0.1, -0.05) is 29.3 Å². The molecule has 0 amide bonds. The van der Waals surface area contributed by atoms with Crippen LogP contribution in [-0.4, -0.2) is 50.7 Å². The van der Waals surface area contributed by atoms with Gasteiger partial charge in [-0.15, -0.1) is 0 Å². The van der Waals surface area contributed by atoms with E-state index < -0.39 is 28.0 Å². The second kappa shape index (κ2) is 8.71. The quantitative estimate of drug-likeness (QED) is 0.521. The van der Waals surface area contributed by atoms with E-state index in [1.807, 2.05) is 4.90 Å². The molecule has 0 unspecified atom stereocenters. The van der Waals surface area contributed by atoms with Crippen molar-refractivity contribution in [3.8, 4) is 5.88 Å². The summed E-state index contributed by atoms with van der Waals surface area (Å²) < 4.78 is 70.8. The van der Waals surface area contributed by atoms with Crippen molar-refractivity contribution >= 4 is 55.8 Å². The summed E-state index contributed by atoms with van der Waals surface area (Å²) in [5, 5.41) is 3.77. The number of carbonyl (C=O) groups is 1. The number of ether oxygens (including phenoxy) is 1. The van der Waals surface area contributed by atoms with Gasteiger partial charge >= 0.3 is 12.1 Å². The van der Waals surface area contributed by atoms with Gasteiger partial charge in [0.15, 0.2) is 0 Å². The first kappa shape index (κ1) is 23.7. The van der Waals surface area contributed by atoms with E-state index >= 15 is 0 Å². The van der Waals surface area contributed by atoms with Gasteiger partial charge in [-0.05, 0) is 30.3 Å².